The molecule has 0 aliphatic heterocycles. The summed E-state index contributed by atoms with van der Waals surface area (Å²) in [7, 11) is 0. The number of nitrogens with zero attached hydrogens (tertiary/aromatic N) is 2. The first-order valence-electron chi connectivity index (χ1n) is 5.81. The van der Waals surface area contributed by atoms with Gasteiger partial charge in [0.2, 0.25) is 0 Å². The second-order valence-electron chi connectivity index (χ2n) is 3.96. The van der Waals surface area contributed by atoms with E-state index in [1.807, 2.05) is 13.0 Å². The summed E-state index contributed by atoms with van der Waals surface area (Å²) in [5.74, 6) is 0.953. The molecule has 1 rings (SSSR count). The summed E-state index contributed by atoms with van der Waals surface area (Å²) in [5, 5.41) is 3.47. The zero-order chi connectivity index (χ0) is 11.1. The third-order valence-corrected chi connectivity index (χ3v) is 2.43. The third kappa shape index (κ3) is 4.28. The molecule has 1 heterocycles. The Balaban J connectivity index is 2.56. The summed E-state index contributed by atoms with van der Waals surface area (Å²) < 4.78 is 0. The topological polar surface area (TPSA) is 37.8 Å². The fourth-order valence-electron chi connectivity index (χ4n) is 1.73. The van der Waals surface area contributed by atoms with Crippen molar-refractivity contribution in [3.8, 4) is 0 Å². The maximum absolute atomic E-state index is 4.22. The molecule has 0 spiro atoms. The van der Waals surface area contributed by atoms with Crippen molar-refractivity contribution in [1.82, 2.24) is 9.97 Å². The smallest absolute Gasteiger partial charge is 0.129 e. The Morgan fingerprint density at radius 3 is 2.40 bits per heavy atom. The number of rotatable bonds is 6. The van der Waals surface area contributed by atoms with E-state index in [4.69, 9.17) is 0 Å². The molecule has 0 bridgehead atoms. The molecule has 0 atom stereocenters. The fourth-order valence-corrected chi connectivity index (χ4v) is 1.73. The van der Waals surface area contributed by atoms with Crippen LogP contribution in [-0.2, 0) is 0 Å². The number of hydrogen-bond donors (Lipinski definition) is 1. The van der Waals surface area contributed by atoms with E-state index in [0.29, 0.717) is 6.04 Å². The van der Waals surface area contributed by atoms with Gasteiger partial charge in [0.1, 0.15) is 12.1 Å². The lowest BCUT2D eigenvalue weighted by Crippen LogP contribution is -2.19. The van der Waals surface area contributed by atoms with Gasteiger partial charge in [-0.05, 0) is 19.8 Å². The molecule has 0 fully saturated rings. The van der Waals surface area contributed by atoms with Crippen LogP contribution in [0.15, 0.2) is 12.4 Å². The predicted octanol–water partition coefficient (Wildman–Crippen LogP) is 3.17. The minimum Gasteiger partial charge on any atom is -0.367 e. The highest BCUT2D eigenvalue weighted by atomic mass is 15.0. The Morgan fingerprint density at radius 2 is 1.87 bits per heavy atom. The molecule has 0 aromatic carbocycles. The first-order valence-corrected chi connectivity index (χ1v) is 5.81. The number of aryl methyl sites for hydroxylation is 1. The van der Waals surface area contributed by atoms with E-state index in [0.717, 1.165) is 11.5 Å². The number of nitrogens with one attached hydrogen (secondary N) is 1. The second-order valence-corrected chi connectivity index (χ2v) is 3.96. The maximum atomic E-state index is 4.22. The van der Waals surface area contributed by atoms with Crippen molar-refractivity contribution in [2.24, 2.45) is 0 Å². The predicted molar refractivity (Wildman–Crippen MR) is 64.0 cm³/mol. The Labute approximate surface area is 92.3 Å². The van der Waals surface area contributed by atoms with Crippen LogP contribution >= 0.6 is 0 Å². The summed E-state index contributed by atoms with van der Waals surface area (Å²) in [6.45, 7) is 6.42. The Hall–Kier alpha value is -1.12. The highest BCUT2D eigenvalue weighted by Gasteiger charge is 2.06. The van der Waals surface area contributed by atoms with Gasteiger partial charge in [-0.1, -0.05) is 26.7 Å². The molecular formula is C12H21N3. The maximum Gasteiger partial charge on any atom is 0.129 e. The van der Waals surface area contributed by atoms with E-state index in [1.54, 1.807) is 6.33 Å². The normalized spacial score (nSPS) is 10.7. The van der Waals surface area contributed by atoms with E-state index in [9.17, 15) is 0 Å². The van der Waals surface area contributed by atoms with Gasteiger partial charge < -0.3 is 5.32 Å². The van der Waals surface area contributed by atoms with E-state index in [1.165, 1.54) is 25.7 Å². The monoisotopic (exact) mass is 207 g/mol. The highest BCUT2D eigenvalue weighted by molar-refractivity contribution is 5.35. The van der Waals surface area contributed by atoms with Crippen molar-refractivity contribution >= 4 is 5.82 Å². The molecule has 1 N–H and O–H groups in total. The van der Waals surface area contributed by atoms with E-state index < -0.39 is 0 Å². The summed E-state index contributed by atoms with van der Waals surface area (Å²) >= 11 is 0. The molecule has 3 heteroatoms. The number of aromatic nitrogens is 2. The van der Waals surface area contributed by atoms with Gasteiger partial charge in [-0.2, -0.15) is 0 Å². The number of anilines is 1. The molecule has 1 aromatic rings. The van der Waals surface area contributed by atoms with E-state index >= 15 is 0 Å². The molecule has 3 nitrogen and oxygen atoms in total. The minimum absolute atomic E-state index is 0.550. The highest BCUT2D eigenvalue weighted by Crippen LogP contribution is 2.12. The van der Waals surface area contributed by atoms with Gasteiger partial charge in [0.15, 0.2) is 0 Å². The van der Waals surface area contributed by atoms with Crippen molar-refractivity contribution in [3.63, 3.8) is 0 Å². The van der Waals surface area contributed by atoms with Crippen molar-refractivity contribution in [2.45, 2.75) is 52.5 Å². The summed E-state index contributed by atoms with van der Waals surface area (Å²) in [6.07, 6.45) is 6.45. The molecule has 0 saturated heterocycles. The third-order valence-electron chi connectivity index (χ3n) is 2.43. The van der Waals surface area contributed by atoms with Gasteiger partial charge in [-0.3, -0.25) is 0 Å². The van der Waals surface area contributed by atoms with E-state index in [-0.39, 0.29) is 0 Å². The lowest BCUT2D eigenvalue weighted by atomic mass is 10.1. The molecule has 0 amide bonds. The lowest BCUT2D eigenvalue weighted by Gasteiger charge is -2.17. The minimum atomic E-state index is 0.550. The Kier molecular flexibility index (Phi) is 5.08. The first kappa shape index (κ1) is 12.0. The molecule has 1 aromatic heterocycles. The van der Waals surface area contributed by atoms with Gasteiger partial charge in [0.25, 0.3) is 0 Å². The first-order chi connectivity index (χ1) is 7.26. The van der Waals surface area contributed by atoms with E-state index in [2.05, 4.69) is 29.1 Å². The van der Waals surface area contributed by atoms with Gasteiger partial charge in [0.05, 0.1) is 0 Å². The SMILES string of the molecule is CCCC(CCC)Nc1cc(C)ncn1. The van der Waals surface area contributed by atoms with Crippen LogP contribution in [-0.4, -0.2) is 16.0 Å². The standard InChI is InChI=1S/C12H21N3/c1-4-6-11(7-5-2)15-12-8-10(3)13-9-14-12/h8-9,11H,4-7H2,1-3H3,(H,13,14,15). The summed E-state index contributed by atoms with van der Waals surface area (Å²) in [4.78, 5) is 8.31. The van der Waals surface area contributed by atoms with Crippen LogP contribution in [0.5, 0.6) is 0 Å². The van der Waals surface area contributed by atoms with Crippen molar-refractivity contribution in [1.29, 1.82) is 0 Å². The molecule has 0 radical (unpaired) electrons. The van der Waals surface area contributed by atoms with Gasteiger partial charge in [-0.15, -0.1) is 0 Å². The quantitative estimate of drug-likeness (QED) is 0.778. The zero-order valence-corrected chi connectivity index (χ0v) is 9.95. The molecule has 0 unspecified atom stereocenters. The van der Waals surface area contributed by atoms with Crippen LogP contribution in [0.25, 0.3) is 0 Å². The largest absolute Gasteiger partial charge is 0.367 e. The molecular weight excluding hydrogens is 186 g/mol. The van der Waals surface area contributed by atoms with Crippen molar-refractivity contribution < 1.29 is 0 Å². The molecule has 0 aliphatic rings. The van der Waals surface area contributed by atoms with Crippen LogP contribution in [0.2, 0.25) is 0 Å². The summed E-state index contributed by atoms with van der Waals surface area (Å²) in [5.41, 5.74) is 1.01. The Bertz CT molecular complexity index is 280. The zero-order valence-electron chi connectivity index (χ0n) is 9.95. The fraction of sp³-hybridized carbons (Fsp3) is 0.667. The summed E-state index contributed by atoms with van der Waals surface area (Å²) in [6, 6.07) is 2.55. The van der Waals surface area contributed by atoms with Crippen LogP contribution in [0.3, 0.4) is 0 Å². The number of hydrogen-bond acceptors (Lipinski definition) is 3. The van der Waals surface area contributed by atoms with Crippen LogP contribution in [0.4, 0.5) is 5.82 Å². The van der Waals surface area contributed by atoms with Gasteiger partial charge >= 0.3 is 0 Å². The van der Waals surface area contributed by atoms with Gasteiger partial charge in [-0.25, -0.2) is 9.97 Å². The van der Waals surface area contributed by atoms with Gasteiger partial charge in [0, 0.05) is 17.8 Å². The molecule has 84 valence electrons. The van der Waals surface area contributed by atoms with Crippen LogP contribution in [0, 0.1) is 6.92 Å². The van der Waals surface area contributed by atoms with Crippen molar-refractivity contribution in [2.75, 3.05) is 5.32 Å². The average Bonchev–Trinajstić information content (AvgIpc) is 2.18. The molecule has 0 aliphatic carbocycles. The lowest BCUT2D eigenvalue weighted by molar-refractivity contribution is 0.584. The average molecular weight is 207 g/mol. The van der Waals surface area contributed by atoms with Crippen LogP contribution in [0.1, 0.15) is 45.2 Å². The Morgan fingerprint density at radius 1 is 1.20 bits per heavy atom. The molecule has 15 heavy (non-hydrogen) atoms. The van der Waals surface area contributed by atoms with Crippen LogP contribution < -0.4 is 5.32 Å². The second kappa shape index (κ2) is 6.38. The van der Waals surface area contributed by atoms with Crippen molar-refractivity contribution in [3.05, 3.63) is 18.1 Å². The molecule has 0 saturated carbocycles.